The molecule has 0 heterocycles. The number of nitrogens with one attached hydrogen (secondary N) is 1. The van der Waals surface area contributed by atoms with Crippen molar-refractivity contribution in [3.63, 3.8) is 0 Å². The van der Waals surface area contributed by atoms with E-state index in [1.165, 1.54) is 37.2 Å². The SMILES string of the molecule is CNc1c(C(=O)N(C)CCS(C)(=O)=O)cccc1[N+](=O)[O-]. The van der Waals surface area contributed by atoms with Gasteiger partial charge in [0, 0.05) is 33.0 Å². The van der Waals surface area contributed by atoms with Crippen LogP contribution < -0.4 is 5.32 Å². The van der Waals surface area contributed by atoms with Gasteiger partial charge in [-0.25, -0.2) is 8.42 Å². The summed E-state index contributed by atoms with van der Waals surface area (Å²) in [5, 5.41) is 13.6. The number of para-hydroxylation sites is 1. The zero-order valence-electron chi connectivity index (χ0n) is 12.0. The van der Waals surface area contributed by atoms with E-state index in [1.807, 2.05) is 0 Å². The first-order valence-electron chi connectivity index (χ1n) is 6.05. The lowest BCUT2D eigenvalue weighted by atomic mass is 10.1. The fourth-order valence-corrected chi connectivity index (χ4v) is 2.35. The molecule has 0 aliphatic heterocycles. The summed E-state index contributed by atoms with van der Waals surface area (Å²) in [7, 11) is -0.258. The van der Waals surface area contributed by atoms with Crippen molar-refractivity contribution in [2.45, 2.75) is 0 Å². The van der Waals surface area contributed by atoms with Crippen molar-refractivity contribution in [2.24, 2.45) is 0 Å². The predicted octanol–water partition coefficient (Wildman–Crippen LogP) is 0.753. The number of nitro benzene ring substituents is 1. The standard InChI is InChI=1S/C12H17N3O5S/c1-13-11-9(5-4-6-10(11)15(17)18)12(16)14(2)7-8-21(3,19)20/h4-6,13H,7-8H2,1-3H3. The molecule has 0 aliphatic rings. The van der Waals surface area contributed by atoms with E-state index in [9.17, 15) is 23.3 Å². The van der Waals surface area contributed by atoms with Gasteiger partial charge < -0.3 is 10.2 Å². The van der Waals surface area contributed by atoms with Crippen molar-refractivity contribution < 1.29 is 18.1 Å². The maximum atomic E-state index is 12.3. The number of carbonyl (C=O) groups is 1. The largest absolute Gasteiger partial charge is 0.382 e. The number of sulfone groups is 1. The molecule has 0 saturated carbocycles. The molecular weight excluding hydrogens is 298 g/mol. The fourth-order valence-electron chi connectivity index (χ4n) is 1.74. The number of nitro groups is 1. The van der Waals surface area contributed by atoms with Gasteiger partial charge in [-0.2, -0.15) is 0 Å². The molecule has 0 aliphatic carbocycles. The van der Waals surface area contributed by atoms with E-state index in [1.54, 1.807) is 0 Å². The van der Waals surface area contributed by atoms with Crippen LogP contribution in [0, 0.1) is 10.1 Å². The van der Waals surface area contributed by atoms with E-state index in [-0.39, 0.29) is 29.2 Å². The normalized spacial score (nSPS) is 11.0. The van der Waals surface area contributed by atoms with Crippen molar-refractivity contribution in [3.05, 3.63) is 33.9 Å². The lowest BCUT2D eigenvalue weighted by Crippen LogP contribution is -2.32. The van der Waals surface area contributed by atoms with Crippen LogP contribution in [0.5, 0.6) is 0 Å². The average Bonchev–Trinajstić information content (AvgIpc) is 2.41. The number of anilines is 1. The van der Waals surface area contributed by atoms with Crippen LogP contribution in [0.15, 0.2) is 18.2 Å². The minimum absolute atomic E-state index is 0.0174. The zero-order chi connectivity index (χ0) is 16.2. The Morgan fingerprint density at radius 1 is 1.43 bits per heavy atom. The molecule has 1 amide bonds. The molecule has 0 fully saturated rings. The van der Waals surface area contributed by atoms with Gasteiger partial charge in [0.25, 0.3) is 11.6 Å². The molecule has 21 heavy (non-hydrogen) atoms. The number of hydrogen-bond donors (Lipinski definition) is 1. The van der Waals surface area contributed by atoms with Crippen molar-refractivity contribution in [2.75, 3.05) is 38.0 Å². The van der Waals surface area contributed by atoms with Gasteiger partial charge in [0.2, 0.25) is 0 Å². The highest BCUT2D eigenvalue weighted by atomic mass is 32.2. The van der Waals surface area contributed by atoms with Crippen molar-refractivity contribution in [3.8, 4) is 0 Å². The first-order valence-corrected chi connectivity index (χ1v) is 8.11. The lowest BCUT2D eigenvalue weighted by Gasteiger charge is -2.18. The Balaban J connectivity index is 3.07. The molecular formula is C12H17N3O5S. The highest BCUT2D eigenvalue weighted by Crippen LogP contribution is 2.28. The van der Waals surface area contributed by atoms with Gasteiger partial charge in [-0.3, -0.25) is 14.9 Å². The molecule has 0 spiro atoms. The maximum Gasteiger partial charge on any atom is 0.293 e. The Labute approximate surface area is 122 Å². The Hall–Kier alpha value is -2.16. The second-order valence-electron chi connectivity index (χ2n) is 4.56. The van der Waals surface area contributed by atoms with Crippen molar-refractivity contribution in [1.29, 1.82) is 0 Å². The number of benzene rings is 1. The molecule has 1 aromatic carbocycles. The van der Waals surface area contributed by atoms with E-state index in [0.29, 0.717) is 0 Å². The Kier molecular flexibility index (Phi) is 5.25. The molecule has 1 N–H and O–H groups in total. The molecule has 9 heteroatoms. The second kappa shape index (κ2) is 6.53. The molecule has 0 saturated heterocycles. The predicted molar refractivity (Wildman–Crippen MR) is 79.3 cm³/mol. The Bertz CT molecular complexity index is 657. The first-order chi connectivity index (χ1) is 9.67. The summed E-state index contributed by atoms with van der Waals surface area (Å²) >= 11 is 0. The maximum absolute atomic E-state index is 12.3. The molecule has 0 unspecified atom stereocenters. The molecule has 116 valence electrons. The van der Waals surface area contributed by atoms with E-state index >= 15 is 0 Å². The molecule has 1 aromatic rings. The fraction of sp³-hybridized carbons (Fsp3) is 0.417. The average molecular weight is 315 g/mol. The van der Waals surface area contributed by atoms with E-state index in [2.05, 4.69) is 5.32 Å². The van der Waals surface area contributed by atoms with Crippen LogP contribution in [0.2, 0.25) is 0 Å². The van der Waals surface area contributed by atoms with Crippen LogP contribution >= 0.6 is 0 Å². The van der Waals surface area contributed by atoms with E-state index in [0.717, 1.165) is 6.26 Å². The molecule has 1 rings (SSSR count). The van der Waals surface area contributed by atoms with E-state index < -0.39 is 20.7 Å². The highest BCUT2D eigenvalue weighted by Gasteiger charge is 2.23. The minimum Gasteiger partial charge on any atom is -0.382 e. The van der Waals surface area contributed by atoms with Crippen LogP contribution in [0.4, 0.5) is 11.4 Å². The molecule has 8 nitrogen and oxygen atoms in total. The highest BCUT2D eigenvalue weighted by molar-refractivity contribution is 7.90. The summed E-state index contributed by atoms with van der Waals surface area (Å²) in [6, 6.07) is 4.16. The van der Waals surface area contributed by atoms with Gasteiger partial charge in [-0.05, 0) is 6.07 Å². The summed E-state index contributed by atoms with van der Waals surface area (Å²) in [5.41, 5.74) is 0.0290. The van der Waals surface area contributed by atoms with Crippen LogP contribution in [0.3, 0.4) is 0 Å². The van der Waals surface area contributed by atoms with Gasteiger partial charge in [-0.15, -0.1) is 0 Å². The first kappa shape index (κ1) is 16.9. The Morgan fingerprint density at radius 2 is 2.05 bits per heavy atom. The van der Waals surface area contributed by atoms with Crippen molar-refractivity contribution >= 4 is 27.1 Å². The molecule has 0 radical (unpaired) electrons. The number of carbonyl (C=O) groups excluding carboxylic acids is 1. The number of nitrogens with zero attached hydrogens (tertiary/aromatic N) is 2. The summed E-state index contributed by atoms with van der Waals surface area (Å²) in [6.07, 6.45) is 1.08. The number of hydrogen-bond acceptors (Lipinski definition) is 6. The molecule has 0 aromatic heterocycles. The Morgan fingerprint density at radius 3 is 2.52 bits per heavy atom. The van der Waals surface area contributed by atoms with Gasteiger partial charge in [0.1, 0.15) is 15.5 Å². The molecule has 0 bridgehead atoms. The summed E-state index contributed by atoms with van der Waals surface area (Å²) < 4.78 is 22.2. The summed E-state index contributed by atoms with van der Waals surface area (Å²) in [4.78, 5) is 23.9. The quantitative estimate of drug-likeness (QED) is 0.613. The van der Waals surface area contributed by atoms with Gasteiger partial charge in [0.15, 0.2) is 0 Å². The van der Waals surface area contributed by atoms with Crippen LogP contribution in [-0.4, -0.2) is 56.8 Å². The van der Waals surface area contributed by atoms with Crippen molar-refractivity contribution in [1.82, 2.24) is 4.90 Å². The second-order valence-corrected chi connectivity index (χ2v) is 6.82. The van der Waals surface area contributed by atoms with Gasteiger partial charge >= 0.3 is 0 Å². The van der Waals surface area contributed by atoms with Crippen LogP contribution in [0.25, 0.3) is 0 Å². The summed E-state index contributed by atoms with van der Waals surface area (Å²) in [5.74, 6) is -0.648. The van der Waals surface area contributed by atoms with E-state index in [4.69, 9.17) is 0 Å². The smallest absolute Gasteiger partial charge is 0.293 e. The monoisotopic (exact) mass is 315 g/mol. The van der Waals surface area contributed by atoms with Crippen LogP contribution in [0.1, 0.15) is 10.4 Å². The molecule has 0 atom stereocenters. The number of amides is 1. The van der Waals surface area contributed by atoms with Gasteiger partial charge in [0.05, 0.1) is 16.2 Å². The third kappa shape index (κ3) is 4.42. The minimum atomic E-state index is -3.19. The van der Waals surface area contributed by atoms with Gasteiger partial charge in [-0.1, -0.05) is 6.07 Å². The number of rotatable bonds is 6. The topological polar surface area (TPSA) is 110 Å². The third-order valence-electron chi connectivity index (χ3n) is 2.86. The third-order valence-corrected chi connectivity index (χ3v) is 3.79. The van der Waals surface area contributed by atoms with Crippen LogP contribution in [-0.2, 0) is 9.84 Å². The summed E-state index contributed by atoms with van der Waals surface area (Å²) in [6.45, 7) is 0.0174. The zero-order valence-corrected chi connectivity index (χ0v) is 12.8. The lowest BCUT2D eigenvalue weighted by molar-refractivity contribution is -0.384.